The molecule has 2 N–H and O–H groups in total. The standard InChI is InChI=1S/C19H22FNO3/c1-23-17-8-3-2-5-14(17)12-19(22,18-13-21-9-10-24-18)15-6-4-7-16(20)11-15/h2-8,11,18,21-22H,9-10,12-13H2,1H3/t18-,19-/m1/s1. The third kappa shape index (κ3) is 3.43. The summed E-state index contributed by atoms with van der Waals surface area (Å²) in [5.74, 6) is 0.311. The van der Waals surface area contributed by atoms with Crippen LogP contribution in [0.1, 0.15) is 11.1 Å². The number of nitrogens with one attached hydrogen (secondary N) is 1. The topological polar surface area (TPSA) is 50.7 Å². The molecule has 1 aliphatic rings. The highest BCUT2D eigenvalue weighted by Gasteiger charge is 2.41. The van der Waals surface area contributed by atoms with Crippen molar-refractivity contribution in [3.05, 3.63) is 65.5 Å². The minimum Gasteiger partial charge on any atom is -0.496 e. The molecule has 0 bridgehead atoms. The van der Waals surface area contributed by atoms with Gasteiger partial charge in [-0.25, -0.2) is 4.39 Å². The van der Waals surface area contributed by atoms with E-state index in [-0.39, 0.29) is 12.2 Å². The van der Waals surface area contributed by atoms with Crippen molar-refractivity contribution < 1.29 is 19.0 Å². The summed E-state index contributed by atoms with van der Waals surface area (Å²) < 4.78 is 25.0. The molecule has 1 saturated heterocycles. The van der Waals surface area contributed by atoms with Gasteiger partial charge in [0.15, 0.2) is 0 Å². The minimum atomic E-state index is -1.36. The molecule has 0 unspecified atom stereocenters. The maximum absolute atomic E-state index is 13.8. The number of para-hydroxylation sites is 1. The molecule has 24 heavy (non-hydrogen) atoms. The van der Waals surface area contributed by atoms with Gasteiger partial charge in [-0.2, -0.15) is 0 Å². The molecule has 0 amide bonds. The third-order valence-corrected chi connectivity index (χ3v) is 4.44. The van der Waals surface area contributed by atoms with Crippen LogP contribution in [0.25, 0.3) is 0 Å². The van der Waals surface area contributed by atoms with Crippen LogP contribution in [-0.2, 0) is 16.8 Å². The molecule has 0 aliphatic carbocycles. The molecule has 128 valence electrons. The van der Waals surface area contributed by atoms with Gasteiger partial charge in [0.25, 0.3) is 0 Å². The first-order chi connectivity index (χ1) is 11.6. The first-order valence-corrected chi connectivity index (χ1v) is 8.06. The predicted molar refractivity (Wildman–Crippen MR) is 89.6 cm³/mol. The van der Waals surface area contributed by atoms with E-state index in [4.69, 9.17) is 9.47 Å². The monoisotopic (exact) mass is 331 g/mol. The fourth-order valence-corrected chi connectivity index (χ4v) is 3.17. The largest absolute Gasteiger partial charge is 0.496 e. The van der Waals surface area contributed by atoms with Crippen molar-refractivity contribution in [2.45, 2.75) is 18.1 Å². The second-order valence-electron chi connectivity index (χ2n) is 5.99. The molecule has 2 aromatic carbocycles. The first-order valence-electron chi connectivity index (χ1n) is 8.06. The van der Waals surface area contributed by atoms with Gasteiger partial charge in [-0.3, -0.25) is 0 Å². The number of benzene rings is 2. The number of rotatable bonds is 5. The van der Waals surface area contributed by atoms with Gasteiger partial charge in [-0.1, -0.05) is 30.3 Å². The van der Waals surface area contributed by atoms with Crippen molar-refractivity contribution in [3.8, 4) is 5.75 Å². The Bertz CT molecular complexity index is 688. The van der Waals surface area contributed by atoms with Crippen LogP contribution >= 0.6 is 0 Å². The Kier molecular flexibility index (Phi) is 5.14. The van der Waals surface area contributed by atoms with Crippen molar-refractivity contribution >= 4 is 0 Å². The lowest BCUT2D eigenvalue weighted by Crippen LogP contribution is -2.52. The van der Waals surface area contributed by atoms with E-state index >= 15 is 0 Å². The fraction of sp³-hybridized carbons (Fsp3) is 0.368. The number of halogens is 1. The zero-order chi connectivity index (χ0) is 17.0. The van der Waals surface area contributed by atoms with E-state index in [0.29, 0.717) is 24.5 Å². The summed E-state index contributed by atoms with van der Waals surface area (Å²) in [7, 11) is 1.60. The molecule has 0 saturated carbocycles. The van der Waals surface area contributed by atoms with Crippen molar-refractivity contribution in [1.82, 2.24) is 5.32 Å². The molecule has 1 fully saturated rings. The molecular weight excluding hydrogens is 309 g/mol. The van der Waals surface area contributed by atoms with E-state index in [1.54, 1.807) is 19.2 Å². The van der Waals surface area contributed by atoms with Crippen LogP contribution in [0, 0.1) is 5.82 Å². The van der Waals surface area contributed by atoms with E-state index < -0.39 is 11.7 Å². The number of hydrogen-bond acceptors (Lipinski definition) is 4. The van der Waals surface area contributed by atoms with Crippen LogP contribution in [0.2, 0.25) is 0 Å². The molecule has 5 heteroatoms. The number of ether oxygens (including phenoxy) is 2. The lowest BCUT2D eigenvalue weighted by atomic mass is 9.81. The highest BCUT2D eigenvalue weighted by atomic mass is 19.1. The van der Waals surface area contributed by atoms with Crippen LogP contribution < -0.4 is 10.1 Å². The Morgan fingerprint density at radius 2 is 2.12 bits per heavy atom. The number of aliphatic hydroxyl groups is 1. The van der Waals surface area contributed by atoms with Crippen LogP contribution in [-0.4, -0.2) is 38.0 Å². The smallest absolute Gasteiger partial charge is 0.123 e. The summed E-state index contributed by atoms with van der Waals surface area (Å²) in [5, 5.41) is 14.7. The van der Waals surface area contributed by atoms with E-state index in [1.165, 1.54) is 12.1 Å². The lowest BCUT2D eigenvalue weighted by molar-refractivity contribution is -0.124. The Hall–Kier alpha value is -1.95. The van der Waals surface area contributed by atoms with Crippen LogP contribution in [0.4, 0.5) is 4.39 Å². The Balaban J connectivity index is 2.01. The maximum Gasteiger partial charge on any atom is 0.123 e. The zero-order valence-corrected chi connectivity index (χ0v) is 13.7. The summed E-state index contributed by atoms with van der Waals surface area (Å²) >= 11 is 0. The number of methoxy groups -OCH3 is 1. The van der Waals surface area contributed by atoms with Crippen molar-refractivity contribution in [2.24, 2.45) is 0 Å². The fourth-order valence-electron chi connectivity index (χ4n) is 3.17. The van der Waals surface area contributed by atoms with Gasteiger partial charge in [0.05, 0.1) is 13.7 Å². The van der Waals surface area contributed by atoms with Gasteiger partial charge >= 0.3 is 0 Å². The molecular formula is C19H22FNO3. The second kappa shape index (κ2) is 7.30. The van der Waals surface area contributed by atoms with Crippen molar-refractivity contribution in [1.29, 1.82) is 0 Å². The lowest BCUT2D eigenvalue weighted by Gasteiger charge is -2.39. The normalized spacial score (nSPS) is 20.4. The zero-order valence-electron chi connectivity index (χ0n) is 13.7. The predicted octanol–water partition coefficient (Wildman–Crippen LogP) is 2.25. The SMILES string of the molecule is COc1ccccc1C[C@@](O)(c1cccc(F)c1)[C@H]1CNCCO1. The van der Waals surface area contributed by atoms with Crippen molar-refractivity contribution in [2.75, 3.05) is 26.8 Å². The van der Waals surface area contributed by atoms with Crippen molar-refractivity contribution in [3.63, 3.8) is 0 Å². The minimum absolute atomic E-state index is 0.271. The molecule has 0 spiro atoms. The van der Waals surface area contributed by atoms with Gasteiger partial charge < -0.3 is 19.9 Å². The Morgan fingerprint density at radius 1 is 1.29 bits per heavy atom. The second-order valence-corrected chi connectivity index (χ2v) is 5.99. The quantitative estimate of drug-likeness (QED) is 0.882. The molecule has 4 nitrogen and oxygen atoms in total. The van der Waals surface area contributed by atoms with Crippen LogP contribution in [0.5, 0.6) is 5.75 Å². The van der Waals surface area contributed by atoms with Gasteiger partial charge in [0.1, 0.15) is 23.3 Å². The van der Waals surface area contributed by atoms with Gasteiger partial charge in [-0.15, -0.1) is 0 Å². The average molecular weight is 331 g/mol. The van der Waals surface area contributed by atoms with E-state index in [2.05, 4.69) is 5.32 Å². The Labute approximate surface area is 141 Å². The van der Waals surface area contributed by atoms with E-state index in [1.807, 2.05) is 24.3 Å². The molecule has 0 aromatic heterocycles. The number of hydrogen-bond donors (Lipinski definition) is 2. The Morgan fingerprint density at radius 3 is 2.83 bits per heavy atom. The van der Waals surface area contributed by atoms with E-state index in [0.717, 1.165) is 12.1 Å². The molecule has 1 aliphatic heterocycles. The maximum atomic E-state index is 13.8. The average Bonchev–Trinajstić information content (AvgIpc) is 2.63. The molecule has 1 heterocycles. The number of morpholine rings is 1. The molecule has 0 radical (unpaired) electrons. The summed E-state index contributed by atoms with van der Waals surface area (Å²) in [6.45, 7) is 1.75. The summed E-state index contributed by atoms with van der Waals surface area (Å²) in [4.78, 5) is 0. The first kappa shape index (κ1) is 16.9. The van der Waals surface area contributed by atoms with E-state index in [9.17, 15) is 9.50 Å². The third-order valence-electron chi connectivity index (χ3n) is 4.44. The van der Waals surface area contributed by atoms with Gasteiger partial charge in [0, 0.05) is 19.5 Å². The highest BCUT2D eigenvalue weighted by Crippen LogP contribution is 2.35. The highest BCUT2D eigenvalue weighted by molar-refractivity contribution is 5.37. The molecule has 2 atom stereocenters. The molecule has 2 aromatic rings. The van der Waals surface area contributed by atoms with Gasteiger partial charge in [-0.05, 0) is 29.3 Å². The summed E-state index contributed by atoms with van der Waals surface area (Å²) in [5.41, 5.74) is -0.00695. The van der Waals surface area contributed by atoms with Crippen LogP contribution in [0.15, 0.2) is 48.5 Å². The summed E-state index contributed by atoms with van der Waals surface area (Å²) in [6.07, 6.45) is -0.203. The van der Waals surface area contributed by atoms with Gasteiger partial charge in [0.2, 0.25) is 0 Å². The van der Waals surface area contributed by atoms with Crippen LogP contribution in [0.3, 0.4) is 0 Å². The summed E-state index contributed by atoms with van der Waals surface area (Å²) in [6, 6.07) is 13.6. The molecule has 3 rings (SSSR count).